The number of aryl methyl sites for hydroxylation is 2. The lowest BCUT2D eigenvalue weighted by atomic mass is 10.1. The van der Waals surface area contributed by atoms with E-state index in [-0.39, 0.29) is 11.0 Å². The molecule has 1 saturated heterocycles. The first-order chi connectivity index (χ1) is 8.94. The maximum atomic E-state index is 11.7. The van der Waals surface area contributed by atoms with E-state index >= 15 is 0 Å². The van der Waals surface area contributed by atoms with Crippen LogP contribution in [0.3, 0.4) is 0 Å². The van der Waals surface area contributed by atoms with Crippen LogP contribution in [0.1, 0.15) is 29.7 Å². The summed E-state index contributed by atoms with van der Waals surface area (Å²) in [5.74, 6) is 0.757. The van der Waals surface area contributed by atoms with Gasteiger partial charge in [-0.2, -0.15) is 5.26 Å². The van der Waals surface area contributed by atoms with Crippen molar-refractivity contribution in [2.24, 2.45) is 0 Å². The molecule has 1 unspecified atom stereocenters. The summed E-state index contributed by atoms with van der Waals surface area (Å²) in [5.41, 5.74) is 2.15. The van der Waals surface area contributed by atoms with Crippen LogP contribution in [-0.4, -0.2) is 30.9 Å². The second kappa shape index (κ2) is 5.17. The molecule has 102 valence electrons. The van der Waals surface area contributed by atoms with Crippen LogP contribution in [0, 0.1) is 25.2 Å². The van der Waals surface area contributed by atoms with Crippen LogP contribution in [0.5, 0.6) is 0 Å². The molecule has 1 aromatic heterocycles. The largest absolute Gasteiger partial charge is 0.368 e. The molecule has 1 atom stereocenters. The number of nitriles is 1. The van der Waals surface area contributed by atoms with E-state index in [2.05, 4.69) is 16.4 Å². The first-order valence-corrected chi connectivity index (χ1v) is 7.99. The zero-order valence-electron chi connectivity index (χ0n) is 11.1. The molecule has 2 rings (SSSR count). The summed E-state index contributed by atoms with van der Waals surface area (Å²) < 4.78 is 23.5. The Bertz CT molecular complexity index is 632. The molecular weight excluding hydrogens is 262 g/mol. The lowest BCUT2D eigenvalue weighted by Gasteiger charge is -2.13. The fourth-order valence-corrected chi connectivity index (χ4v) is 4.17. The molecule has 0 aromatic carbocycles. The van der Waals surface area contributed by atoms with Crippen molar-refractivity contribution >= 4 is 15.7 Å². The maximum Gasteiger partial charge on any atom is 0.154 e. The normalized spacial score (nSPS) is 21.0. The summed E-state index contributed by atoms with van der Waals surface area (Å²) >= 11 is 0. The highest BCUT2D eigenvalue weighted by Crippen LogP contribution is 2.22. The van der Waals surface area contributed by atoms with E-state index in [1.165, 1.54) is 0 Å². The fraction of sp³-hybridized carbons (Fsp3) is 0.538. The maximum absolute atomic E-state index is 11.7. The Kier molecular flexibility index (Phi) is 3.76. The molecule has 0 aliphatic carbocycles. The van der Waals surface area contributed by atoms with E-state index in [1.54, 1.807) is 0 Å². The summed E-state index contributed by atoms with van der Waals surface area (Å²) in [6.07, 6.45) is 1.40. The Morgan fingerprint density at radius 2 is 2.26 bits per heavy atom. The van der Waals surface area contributed by atoms with Gasteiger partial charge in [0.1, 0.15) is 11.9 Å². The summed E-state index contributed by atoms with van der Waals surface area (Å²) in [6.45, 7) is 4.03. The minimum absolute atomic E-state index is 0.269. The molecule has 0 spiro atoms. The number of rotatable bonds is 3. The van der Waals surface area contributed by atoms with Crippen LogP contribution in [0.25, 0.3) is 0 Å². The topological polar surface area (TPSA) is 82.9 Å². The third-order valence-electron chi connectivity index (χ3n) is 3.42. The average Bonchev–Trinajstić information content (AvgIpc) is 2.65. The number of anilines is 1. The molecule has 1 aromatic rings. The number of nitrogens with one attached hydrogen (secondary N) is 1. The van der Waals surface area contributed by atoms with Crippen molar-refractivity contribution in [3.8, 4) is 6.07 Å². The lowest BCUT2D eigenvalue weighted by molar-refractivity contribution is 0.591. The molecule has 6 heteroatoms. The van der Waals surface area contributed by atoms with Gasteiger partial charge in [-0.15, -0.1) is 0 Å². The van der Waals surface area contributed by atoms with Gasteiger partial charge in [0, 0.05) is 12.2 Å². The zero-order chi connectivity index (χ0) is 14.0. The summed E-state index contributed by atoms with van der Waals surface area (Å²) in [5, 5.41) is 11.8. The van der Waals surface area contributed by atoms with Gasteiger partial charge in [0.25, 0.3) is 0 Å². The van der Waals surface area contributed by atoms with Crippen molar-refractivity contribution in [2.45, 2.75) is 31.9 Å². The van der Waals surface area contributed by atoms with E-state index in [4.69, 9.17) is 5.26 Å². The molecule has 1 fully saturated rings. The Morgan fingerprint density at radius 1 is 1.53 bits per heavy atom. The lowest BCUT2D eigenvalue weighted by Crippen LogP contribution is -2.25. The standard InChI is InChI=1S/C13H17N3O2S/c1-9-6-10(2)16-13(12(9)7-14)15-8-11-4-3-5-19(11,17)18/h6,11H,3-5,8H2,1-2H3,(H,15,16). The number of hydrogen-bond acceptors (Lipinski definition) is 5. The third kappa shape index (κ3) is 2.87. The predicted octanol–water partition coefficient (Wildman–Crippen LogP) is 1.56. The number of hydrogen-bond donors (Lipinski definition) is 1. The Morgan fingerprint density at radius 3 is 2.84 bits per heavy atom. The molecule has 19 heavy (non-hydrogen) atoms. The molecule has 0 saturated carbocycles. The van der Waals surface area contributed by atoms with Gasteiger partial charge in [-0.05, 0) is 38.3 Å². The van der Waals surface area contributed by atoms with Gasteiger partial charge in [-0.1, -0.05) is 0 Å². The highest BCUT2D eigenvalue weighted by Gasteiger charge is 2.31. The quantitative estimate of drug-likeness (QED) is 0.907. The molecule has 5 nitrogen and oxygen atoms in total. The number of pyridine rings is 1. The van der Waals surface area contributed by atoms with Gasteiger partial charge in [-0.25, -0.2) is 13.4 Å². The first-order valence-electron chi connectivity index (χ1n) is 6.28. The van der Waals surface area contributed by atoms with Crippen LogP contribution in [0.4, 0.5) is 5.82 Å². The molecule has 0 radical (unpaired) electrons. The monoisotopic (exact) mass is 279 g/mol. The first kappa shape index (κ1) is 13.8. The van der Waals surface area contributed by atoms with Crippen molar-refractivity contribution in [2.75, 3.05) is 17.6 Å². The van der Waals surface area contributed by atoms with Gasteiger partial charge < -0.3 is 5.32 Å². The molecule has 1 N–H and O–H groups in total. The summed E-state index contributed by atoms with van der Waals surface area (Å²) in [7, 11) is -2.97. The van der Waals surface area contributed by atoms with Gasteiger partial charge in [0.15, 0.2) is 9.84 Å². The molecule has 1 aliphatic rings. The summed E-state index contributed by atoms with van der Waals surface area (Å²) in [4.78, 5) is 4.29. The average molecular weight is 279 g/mol. The molecule has 2 heterocycles. The van der Waals surface area contributed by atoms with Crippen molar-refractivity contribution in [3.63, 3.8) is 0 Å². The van der Waals surface area contributed by atoms with E-state index in [1.807, 2.05) is 19.9 Å². The summed E-state index contributed by atoms with van der Waals surface area (Å²) in [6, 6.07) is 3.96. The van der Waals surface area contributed by atoms with Crippen molar-refractivity contribution in [1.29, 1.82) is 5.26 Å². The van der Waals surface area contributed by atoms with Crippen molar-refractivity contribution in [1.82, 2.24) is 4.98 Å². The van der Waals surface area contributed by atoms with E-state index in [9.17, 15) is 8.42 Å². The molecule has 1 aliphatic heterocycles. The minimum Gasteiger partial charge on any atom is -0.368 e. The fourth-order valence-electron chi connectivity index (χ4n) is 2.40. The van der Waals surface area contributed by atoms with Gasteiger partial charge in [0.05, 0.1) is 16.6 Å². The Labute approximate surface area is 113 Å². The Balaban J connectivity index is 2.19. The zero-order valence-corrected chi connectivity index (χ0v) is 11.9. The van der Waals surface area contributed by atoms with Crippen molar-refractivity contribution < 1.29 is 8.42 Å². The van der Waals surface area contributed by atoms with Crippen LogP contribution in [-0.2, 0) is 9.84 Å². The van der Waals surface area contributed by atoms with Gasteiger partial charge in [0.2, 0.25) is 0 Å². The van der Waals surface area contributed by atoms with Crippen LogP contribution in [0.15, 0.2) is 6.07 Å². The van der Waals surface area contributed by atoms with Crippen LogP contribution in [0.2, 0.25) is 0 Å². The minimum atomic E-state index is -2.97. The second-order valence-corrected chi connectivity index (χ2v) is 7.33. The number of sulfone groups is 1. The smallest absolute Gasteiger partial charge is 0.154 e. The van der Waals surface area contributed by atoms with Gasteiger partial charge >= 0.3 is 0 Å². The van der Waals surface area contributed by atoms with Crippen molar-refractivity contribution in [3.05, 3.63) is 22.9 Å². The third-order valence-corrected chi connectivity index (χ3v) is 5.69. The van der Waals surface area contributed by atoms with Gasteiger partial charge in [-0.3, -0.25) is 0 Å². The van der Waals surface area contributed by atoms with E-state index < -0.39 is 9.84 Å². The molecule has 0 bridgehead atoms. The Hall–Kier alpha value is -1.61. The highest BCUT2D eigenvalue weighted by atomic mass is 32.2. The molecule has 0 amide bonds. The predicted molar refractivity (Wildman–Crippen MR) is 73.7 cm³/mol. The highest BCUT2D eigenvalue weighted by molar-refractivity contribution is 7.92. The number of nitrogens with zero attached hydrogens (tertiary/aromatic N) is 2. The second-order valence-electron chi connectivity index (χ2n) is 4.93. The number of aromatic nitrogens is 1. The van der Waals surface area contributed by atoms with E-state index in [0.29, 0.717) is 24.3 Å². The van der Waals surface area contributed by atoms with Crippen LogP contribution >= 0.6 is 0 Å². The van der Waals surface area contributed by atoms with Crippen LogP contribution < -0.4 is 5.32 Å². The molecular formula is C13H17N3O2S. The van der Waals surface area contributed by atoms with E-state index in [0.717, 1.165) is 17.7 Å². The SMILES string of the molecule is Cc1cc(C)c(C#N)c(NCC2CCCS2(=O)=O)n1.